The minimum atomic E-state index is -4.54. The van der Waals surface area contributed by atoms with Gasteiger partial charge in [0, 0.05) is 39.6 Å². The van der Waals surface area contributed by atoms with Crippen molar-refractivity contribution in [3.05, 3.63) is 66.7 Å². The van der Waals surface area contributed by atoms with Crippen molar-refractivity contribution in [2.45, 2.75) is 4.90 Å². The standard InChI is InChI=1S/C20H14N2O5S.Cr.Na.H2O/c23-16-10-9-12-5-1-2-6-13(12)19(16)21-22-20-15-8-4-3-7-14(15)18(11-17(20)24)28(25,26)27;;;/h1-11,23-24H,(H,25,26,27);;;1H2/q;;+1;. The maximum atomic E-state index is 11.6. The van der Waals surface area contributed by atoms with Crippen LogP contribution in [0, 0.1) is 0 Å². The zero-order valence-electron chi connectivity index (χ0n) is 16.2. The smallest absolute Gasteiger partial charge is 0.506 e. The van der Waals surface area contributed by atoms with E-state index in [0.717, 1.165) is 11.5 Å². The largest absolute Gasteiger partial charge is 1.00 e. The first-order valence-electron chi connectivity index (χ1n) is 8.21. The van der Waals surface area contributed by atoms with Gasteiger partial charge in [0.15, 0.2) is 0 Å². The summed E-state index contributed by atoms with van der Waals surface area (Å²) in [5.41, 5.74) is 0.246. The van der Waals surface area contributed by atoms with Crippen molar-refractivity contribution in [2.75, 3.05) is 0 Å². The van der Waals surface area contributed by atoms with E-state index in [4.69, 9.17) is 0 Å². The normalized spacial score (nSPS) is 11.0. The summed E-state index contributed by atoms with van der Waals surface area (Å²) in [6.45, 7) is 0. The van der Waals surface area contributed by atoms with E-state index in [1.807, 2.05) is 12.1 Å². The summed E-state index contributed by atoms with van der Waals surface area (Å²) in [6.07, 6.45) is 0. The number of rotatable bonds is 3. The van der Waals surface area contributed by atoms with Gasteiger partial charge in [0.1, 0.15) is 27.8 Å². The SMILES string of the molecule is O.O=S(=O)(O)c1cc(O)c(N=Nc2c(O)ccc3ccccc23)c2ccccc12.[Cr].[Na+]. The first-order chi connectivity index (χ1) is 13.4. The molecule has 0 unspecified atom stereocenters. The molecule has 0 aliphatic rings. The molecule has 0 fully saturated rings. The van der Waals surface area contributed by atoms with E-state index in [-0.39, 0.29) is 74.9 Å². The molecule has 4 aromatic rings. The number of hydrogen-bond acceptors (Lipinski definition) is 6. The molecule has 154 valence electrons. The van der Waals surface area contributed by atoms with Gasteiger partial charge in [-0.2, -0.15) is 8.42 Å². The summed E-state index contributed by atoms with van der Waals surface area (Å²) < 4.78 is 32.7. The van der Waals surface area contributed by atoms with Crippen LogP contribution in [0.4, 0.5) is 11.4 Å². The van der Waals surface area contributed by atoms with Crippen LogP contribution >= 0.6 is 0 Å². The fourth-order valence-corrected chi connectivity index (χ4v) is 3.80. The van der Waals surface area contributed by atoms with E-state index in [1.165, 1.54) is 12.1 Å². The van der Waals surface area contributed by atoms with Gasteiger partial charge in [0.05, 0.1) is 0 Å². The molecular weight excluding hydrogens is 471 g/mol. The van der Waals surface area contributed by atoms with Crippen LogP contribution in [0.5, 0.6) is 11.5 Å². The Bertz CT molecular complexity index is 1380. The van der Waals surface area contributed by atoms with Gasteiger partial charge in [0.25, 0.3) is 10.1 Å². The zero-order valence-corrected chi connectivity index (χ0v) is 20.3. The average Bonchev–Trinajstić information content (AvgIpc) is 2.67. The molecule has 0 spiro atoms. The van der Waals surface area contributed by atoms with Gasteiger partial charge in [-0.05, 0) is 11.5 Å². The van der Waals surface area contributed by atoms with Crippen LogP contribution < -0.4 is 29.6 Å². The number of nitrogens with zero attached hydrogens (tertiary/aromatic N) is 2. The number of phenols is 2. The second kappa shape index (κ2) is 10.5. The molecule has 31 heavy (non-hydrogen) atoms. The van der Waals surface area contributed by atoms with Gasteiger partial charge < -0.3 is 15.7 Å². The second-order valence-electron chi connectivity index (χ2n) is 6.12. The van der Waals surface area contributed by atoms with E-state index in [0.29, 0.717) is 10.8 Å². The topological polar surface area (TPSA) is 151 Å². The number of fused-ring (bicyclic) bond motifs is 2. The molecule has 0 bridgehead atoms. The molecule has 0 aliphatic carbocycles. The summed E-state index contributed by atoms with van der Waals surface area (Å²) >= 11 is 0. The van der Waals surface area contributed by atoms with Crippen molar-refractivity contribution in [3.8, 4) is 11.5 Å². The number of hydrogen-bond donors (Lipinski definition) is 3. The molecule has 0 heterocycles. The molecular formula is C20H16CrN2NaO6S+. The van der Waals surface area contributed by atoms with Crippen molar-refractivity contribution >= 4 is 43.0 Å². The third-order valence-electron chi connectivity index (χ3n) is 4.37. The van der Waals surface area contributed by atoms with E-state index < -0.39 is 20.8 Å². The van der Waals surface area contributed by atoms with Crippen molar-refractivity contribution in [1.82, 2.24) is 0 Å². The molecule has 0 aliphatic heterocycles. The molecule has 4 aromatic carbocycles. The van der Waals surface area contributed by atoms with Gasteiger partial charge in [-0.1, -0.05) is 54.6 Å². The van der Waals surface area contributed by atoms with Crippen molar-refractivity contribution in [2.24, 2.45) is 10.2 Å². The predicted octanol–water partition coefficient (Wildman–Crippen LogP) is 1.24. The van der Waals surface area contributed by atoms with Gasteiger partial charge in [-0.3, -0.25) is 4.55 Å². The van der Waals surface area contributed by atoms with E-state index in [9.17, 15) is 23.2 Å². The monoisotopic (exact) mass is 487 g/mol. The van der Waals surface area contributed by atoms with Crippen molar-refractivity contribution in [3.63, 3.8) is 0 Å². The molecule has 4 rings (SSSR count). The van der Waals surface area contributed by atoms with Gasteiger partial charge in [-0.25, -0.2) is 0 Å². The summed E-state index contributed by atoms with van der Waals surface area (Å²) in [5.74, 6) is -0.546. The number of benzene rings is 4. The Kier molecular flexibility index (Phi) is 9.20. The summed E-state index contributed by atoms with van der Waals surface area (Å²) in [7, 11) is -4.54. The second-order valence-corrected chi connectivity index (χ2v) is 7.51. The Hall–Kier alpha value is -2.00. The molecule has 5 N–H and O–H groups in total. The Morgan fingerprint density at radius 2 is 1.23 bits per heavy atom. The van der Waals surface area contributed by atoms with Crippen LogP contribution in [-0.2, 0) is 27.5 Å². The first-order valence-corrected chi connectivity index (χ1v) is 9.65. The molecule has 8 nitrogen and oxygen atoms in total. The van der Waals surface area contributed by atoms with Crippen LogP contribution in [0.25, 0.3) is 21.5 Å². The van der Waals surface area contributed by atoms with Gasteiger partial charge in [-0.15, -0.1) is 10.2 Å². The minimum absolute atomic E-state index is 0. The first kappa shape index (κ1) is 27.0. The molecule has 0 atom stereocenters. The molecule has 11 heteroatoms. The summed E-state index contributed by atoms with van der Waals surface area (Å²) in [5, 5.41) is 30.7. The third kappa shape index (κ3) is 5.26. The maximum Gasteiger partial charge on any atom is 1.00 e. The zero-order chi connectivity index (χ0) is 19.9. The van der Waals surface area contributed by atoms with Gasteiger partial charge >= 0.3 is 29.6 Å². The summed E-state index contributed by atoms with van der Waals surface area (Å²) in [4.78, 5) is -0.424. The molecule has 0 aromatic heterocycles. The predicted molar refractivity (Wildman–Crippen MR) is 109 cm³/mol. The van der Waals surface area contributed by atoms with Crippen LogP contribution in [0.15, 0.2) is 81.9 Å². The third-order valence-corrected chi connectivity index (χ3v) is 5.26. The summed E-state index contributed by atoms with van der Waals surface area (Å²) in [6, 6.07) is 17.8. The van der Waals surface area contributed by atoms with Crippen molar-refractivity contribution in [1.29, 1.82) is 0 Å². The minimum Gasteiger partial charge on any atom is -0.506 e. The van der Waals surface area contributed by atoms with E-state index in [2.05, 4.69) is 10.2 Å². The average molecular weight is 487 g/mol. The molecule has 0 saturated heterocycles. The van der Waals surface area contributed by atoms with Crippen LogP contribution in [0.3, 0.4) is 0 Å². The quantitative estimate of drug-likeness (QED) is 0.226. The Morgan fingerprint density at radius 3 is 1.84 bits per heavy atom. The number of azo groups is 1. The van der Waals surface area contributed by atoms with E-state index >= 15 is 0 Å². The maximum absolute atomic E-state index is 11.6. The Balaban J connectivity index is 0.00000160. The number of aromatic hydroxyl groups is 2. The Labute approximate surface area is 210 Å². The molecule has 0 saturated carbocycles. The Morgan fingerprint density at radius 1 is 0.710 bits per heavy atom. The number of phenolic OH excluding ortho intramolecular Hbond substituents is 2. The molecule has 0 amide bonds. The van der Waals surface area contributed by atoms with Crippen molar-refractivity contribution < 1.29 is 75.6 Å². The van der Waals surface area contributed by atoms with Gasteiger partial charge in [0.2, 0.25) is 0 Å². The fraction of sp³-hybridized carbons (Fsp3) is 0. The fourth-order valence-electron chi connectivity index (χ4n) is 3.08. The van der Waals surface area contributed by atoms with Crippen LogP contribution in [0.1, 0.15) is 0 Å². The van der Waals surface area contributed by atoms with Crippen LogP contribution in [-0.4, -0.2) is 28.7 Å². The molecule has 0 radical (unpaired) electrons. The van der Waals surface area contributed by atoms with Crippen LogP contribution in [0.2, 0.25) is 0 Å². The van der Waals surface area contributed by atoms with E-state index in [1.54, 1.807) is 36.4 Å².